The van der Waals surface area contributed by atoms with Crippen molar-refractivity contribution >= 4 is 33.7 Å². The van der Waals surface area contributed by atoms with Crippen molar-refractivity contribution in [1.29, 1.82) is 0 Å². The van der Waals surface area contributed by atoms with E-state index in [1.54, 1.807) is 0 Å². The van der Waals surface area contributed by atoms with E-state index < -0.39 is 4.32 Å². The summed E-state index contributed by atoms with van der Waals surface area (Å²) in [6.07, 6.45) is 6.75. The van der Waals surface area contributed by atoms with Crippen molar-refractivity contribution in [2.75, 3.05) is 0 Å². The molecule has 0 bridgehead atoms. The number of alkyl halides is 1. The molecule has 0 heterocycles. The third-order valence-electron chi connectivity index (χ3n) is 9.00. The van der Waals surface area contributed by atoms with Crippen molar-refractivity contribution in [3.63, 3.8) is 0 Å². The molecule has 0 radical (unpaired) electrons. The van der Waals surface area contributed by atoms with Crippen LogP contribution in [0.25, 0.3) is 0 Å². The lowest BCUT2D eigenvalue weighted by molar-refractivity contribution is -0.169. The first-order chi connectivity index (χ1) is 13.5. The summed E-state index contributed by atoms with van der Waals surface area (Å²) in [5.74, 6) is 0.828. The van der Waals surface area contributed by atoms with E-state index in [0.717, 1.165) is 44.9 Å². The van der Waals surface area contributed by atoms with Crippen LogP contribution in [0.15, 0.2) is 0 Å². The van der Waals surface area contributed by atoms with Crippen LogP contribution in [0.4, 0.5) is 0 Å². The van der Waals surface area contributed by atoms with E-state index in [-0.39, 0.29) is 46.7 Å². The standard InChI is InChI=1S/C23H33BrO5/c1-13(25)28-16-9-10-22(4)15(11-16)5-6-18-17-7-8-20(29-14(2)26)21(17,3)12-19(27)23(18,22)24/h15-18,20H,5-12H2,1-4H3/t15-,16-,17-,18-,20+,21-,22-,23-/m0/s1. The van der Waals surface area contributed by atoms with Gasteiger partial charge in [0, 0.05) is 25.7 Å². The van der Waals surface area contributed by atoms with Crippen molar-refractivity contribution < 1.29 is 23.9 Å². The quantitative estimate of drug-likeness (QED) is 0.437. The monoisotopic (exact) mass is 468 g/mol. The summed E-state index contributed by atoms with van der Waals surface area (Å²) in [7, 11) is 0. The average molecular weight is 469 g/mol. The second-order valence-corrected chi connectivity index (χ2v) is 11.7. The molecule has 4 rings (SSSR count). The Hall–Kier alpha value is -0.910. The maximum absolute atomic E-state index is 13.8. The van der Waals surface area contributed by atoms with Crippen molar-refractivity contribution in [2.45, 2.75) is 95.6 Å². The SMILES string of the molecule is CC(=O)O[C@H]1CC[C@@]2(C)[C@@H](CC[C@H]3[C@@H]4CC[C@@H](OC(C)=O)[C@@]4(C)CC(=O)[C@@]32Br)C1. The molecule has 5 nitrogen and oxygen atoms in total. The molecule has 0 aromatic rings. The highest BCUT2D eigenvalue weighted by Gasteiger charge is 2.70. The molecule has 0 spiro atoms. The van der Waals surface area contributed by atoms with Gasteiger partial charge in [-0.3, -0.25) is 14.4 Å². The maximum Gasteiger partial charge on any atom is 0.302 e. The van der Waals surface area contributed by atoms with Crippen LogP contribution >= 0.6 is 15.9 Å². The lowest BCUT2D eigenvalue weighted by Gasteiger charge is -2.64. The van der Waals surface area contributed by atoms with Crippen LogP contribution in [0.2, 0.25) is 0 Å². The highest BCUT2D eigenvalue weighted by Crippen LogP contribution is 2.70. The molecule has 4 fully saturated rings. The smallest absolute Gasteiger partial charge is 0.302 e. The Bertz CT molecular complexity index is 737. The third kappa shape index (κ3) is 3.02. The number of esters is 2. The number of rotatable bonds is 2. The molecule has 0 N–H and O–H groups in total. The van der Waals surface area contributed by atoms with Gasteiger partial charge in [-0.25, -0.2) is 0 Å². The summed E-state index contributed by atoms with van der Waals surface area (Å²) in [5.41, 5.74) is -0.396. The molecule has 0 aromatic carbocycles. The van der Waals surface area contributed by atoms with E-state index in [2.05, 4.69) is 29.8 Å². The van der Waals surface area contributed by atoms with Crippen LogP contribution in [0.3, 0.4) is 0 Å². The maximum atomic E-state index is 13.8. The fraction of sp³-hybridized carbons (Fsp3) is 0.870. The second kappa shape index (κ2) is 7.06. The molecule has 4 saturated carbocycles. The highest BCUT2D eigenvalue weighted by molar-refractivity contribution is 9.10. The fourth-order valence-electron chi connectivity index (χ4n) is 7.63. The number of halogens is 1. The summed E-state index contributed by atoms with van der Waals surface area (Å²) < 4.78 is 10.7. The lowest BCUT2D eigenvalue weighted by atomic mass is 9.44. The first kappa shape index (κ1) is 21.3. The van der Waals surface area contributed by atoms with Gasteiger partial charge in [-0.2, -0.15) is 0 Å². The molecule has 29 heavy (non-hydrogen) atoms. The minimum Gasteiger partial charge on any atom is -0.463 e. The Morgan fingerprint density at radius 1 is 0.966 bits per heavy atom. The van der Waals surface area contributed by atoms with E-state index in [0.29, 0.717) is 18.3 Å². The van der Waals surface area contributed by atoms with E-state index in [1.807, 2.05) is 0 Å². The number of ether oxygens (including phenoxy) is 2. The van der Waals surface area contributed by atoms with E-state index in [1.165, 1.54) is 13.8 Å². The summed E-state index contributed by atoms with van der Waals surface area (Å²) in [5, 5.41) is 0. The predicted octanol–water partition coefficient (Wildman–Crippen LogP) is 4.59. The molecule has 8 atom stereocenters. The molecule has 4 aliphatic rings. The number of Topliss-reactive ketones (excluding diaryl/α,β-unsaturated/α-hetero) is 1. The Balaban J connectivity index is 1.63. The number of carbonyl (C=O) groups excluding carboxylic acids is 3. The summed E-state index contributed by atoms with van der Waals surface area (Å²) >= 11 is 4.07. The Kier molecular flexibility index (Phi) is 5.20. The average Bonchev–Trinajstić information content (AvgIpc) is 2.92. The predicted molar refractivity (Wildman–Crippen MR) is 111 cm³/mol. The van der Waals surface area contributed by atoms with Gasteiger partial charge in [-0.05, 0) is 68.1 Å². The molecular weight excluding hydrogens is 436 g/mol. The molecule has 6 heteroatoms. The van der Waals surface area contributed by atoms with Gasteiger partial charge in [0.15, 0.2) is 5.78 Å². The van der Waals surface area contributed by atoms with Gasteiger partial charge in [-0.15, -0.1) is 0 Å². The van der Waals surface area contributed by atoms with Crippen molar-refractivity contribution in [1.82, 2.24) is 0 Å². The van der Waals surface area contributed by atoms with Crippen molar-refractivity contribution in [3.8, 4) is 0 Å². The van der Waals surface area contributed by atoms with E-state index in [4.69, 9.17) is 9.47 Å². The lowest BCUT2D eigenvalue weighted by Crippen LogP contribution is -2.67. The Morgan fingerprint density at radius 3 is 2.28 bits per heavy atom. The van der Waals surface area contributed by atoms with Gasteiger partial charge in [0.25, 0.3) is 0 Å². The summed E-state index contributed by atoms with van der Waals surface area (Å²) in [6.45, 7) is 7.38. The van der Waals surface area contributed by atoms with Crippen LogP contribution in [0.5, 0.6) is 0 Å². The van der Waals surface area contributed by atoms with Gasteiger partial charge in [0.2, 0.25) is 0 Å². The van der Waals surface area contributed by atoms with Crippen LogP contribution in [-0.4, -0.2) is 34.3 Å². The van der Waals surface area contributed by atoms with E-state index in [9.17, 15) is 14.4 Å². The molecule has 0 unspecified atom stereocenters. The molecule has 4 aliphatic carbocycles. The van der Waals surface area contributed by atoms with Crippen LogP contribution in [0, 0.1) is 28.6 Å². The number of ketones is 1. The zero-order chi connectivity index (χ0) is 21.2. The largest absolute Gasteiger partial charge is 0.463 e. The molecule has 0 aliphatic heterocycles. The van der Waals surface area contributed by atoms with Gasteiger partial charge in [0.05, 0.1) is 4.32 Å². The Morgan fingerprint density at radius 2 is 1.62 bits per heavy atom. The van der Waals surface area contributed by atoms with E-state index >= 15 is 0 Å². The minimum atomic E-state index is -0.528. The zero-order valence-electron chi connectivity index (χ0n) is 18.0. The Labute approximate surface area is 181 Å². The number of hydrogen-bond acceptors (Lipinski definition) is 5. The molecule has 162 valence electrons. The van der Waals surface area contributed by atoms with Crippen molar-refractivity contribution in [3.05, 3.63) is 0 Å². The fourth-order valence-corrected chi connectivity index (χ4v) is 8.84. The third-order valence-corrected chi connectivity index (χ3v) is 10.9. The molecule has 0 aromatic heterocycles. The second-order valence-electron chi connectivity index (χ2n) is 10.4. The molecular formula is C23H33BrO5. The van der Waals surface area contributed by atoms with Crippen molar-refractivity contribution in [2.24, 2.45) is 28.6 Å². The molecule has 0 amide bonds. The summed E-state index contributed by atoms with van der Waals surface area (Å²) in [4.78, 5) is 36.9. The first-order valence-electron chi connectivity index (χ1n) is 11.1. The van der Waals surface area contributed by atoms with Gasteiger partial charge >= 0.3 is 11.9 Å². The topological polar surface area (TPSA) is 69.7 Å². The number of carbonyl (C=O) groups is 3. The minimum absolute atomic E-state index is 0.0259. The van der Waals surface area contributed by atoms with Crippen LogP contribution in [0.1, 0.15) is 79.1 Å². The number of hydrogen-bond donors (Lipinski definition) is 0. The van der Waals surface area contributed by atoms with Gasteiger partial charge in [-0.1, -0.05) is 29.8 Å². The van der Waals surface area contributed by atoms with Crippen LogP contribution < -0.4 is 0 Å². The highest BCUT2D eigenvalue weighted by atomic mass is 79.9. The summed E-state index contributed by atoms with van der Waals surface area (Å²) in [6, 6.07) is 0. The van der Waals surface area contributed by atoms with Gasteiger partial charge < -0.3 is 9.47 Å². The zero-order valence-corrected chi connectivity index (χ0v) is 19.5. The first-order valence-corrected chi connectivity index (χ1v) is 11.9. The molecule has 0 saturated heterocycles. The van der Waals surface area contributed by atoms with Crippen LogP contribution in [-0.2, 0) is 23.9 Å². The normalized spacial score (nSPS) is 48.9. The van der Waals surface area contributed by atoms with Gasteiger partial charge in [0.1, 0.15) is 12.2 Å². The number of fused-ring (bicyclic) bond motifs is 5.